The predicted molar refractivity (Wildman–Crippen MR) is 192 cm³/mol. The van der Waals surface area contributed by atoms with Crippen LogP contribution in [0.4, 0.5) is 17.8 Å². The van der Waals surface area contributed by atoms with Crippen molar-refractivity contribution in [2.24, 2.45) is 0 Å². The first-order chi connectivity index (χ1) is 24.5. The van der Waals surface area contributed by atoms with Gasteiger partial charge in [-0.05, 0) is 77.9 Å². The molecule has 0 unspecified atom stereocenters. The van der Waals surface area contributed by atoms with Gasteiger partial charge in [0.1, 0.15) is 0 Å². The van der Waals surface area contributed by atoms with Crippen molar-refractivity contribution in [1.82, 2.24) is 15.0 Å². The number of fused-ring (bicyclic) bond motifs is 1. The topological polar surface area (TPSA) is 199 Å². The first-order valence-corrected chi connectivity index (χ1v) is 17.5. The maximum atomic E-state index is 8.88. The van der Waals surface area contributed by atoms with Crippen molar-refractivity contribution in [2.75, 3.05) is 77.8 Å². The highest BCUT2D eigenvalue weighted by atomic mass is 31.2. The molecule has 5 rings (SSSR count). The summed E-state index contributed by atoms with van der Waals surface area (Å²) in [4.78, 5) is 38.1. The minimum Gasteiger partial charge on any atom is -0.493 e. The molecule has 17 heteroatoms. The van der Waals surface area contributed by atoms with Gasteiger partial charge in [0.2, 0.25) is 17.8 Å². The fourth-order valence-electron chi connectivity index (χ4n) is 5.43. The van der Waals surface area contributed by atoms with E-state index < -0.39 is 7.82 Å². The number of hydrogen-bond acceptors (Lipinski definition) is 13. The summed E-state index contributed by atoms with van der Waals surface area (Å²) in [6.07, 6.45) is 2.30. The number of anilines is 3. The van der Waals surface area contributed by atoms with Gasteiger partial charge in [0.15, 0.2) is 34.5 Å². The van der Waals surface area contributed by atoms with Crippen LogP contribution in [0.2, 0.25) is 0 Å². The zero-order chi connectivity index (χ0) is 37.0. The number of phosphoric acid groups is 1. The molecule has 1 aliphatic heterocycles. The van der Waals surface area contributed by atoms with Gasteiger partial charge >= 0.3 is 7.82 Å². The lowest BCUT2D eigenvalue weighted by atomic mass is 9.99. The second-order valence-electron chi connectivity index (χ2n) is 11.2. The first kappa shape index (κ1) is 38.8. The van der Waals surface area contributed by atoms with Crippen molar-refractivity contribution in [3.8, 4) is 34.5 Å². The molecular weight excluding hydrogens is 683 g/mol. The molecule has 4 aromatic rings. The fraction of sp³-hybridized carbons (Fsp3) is 0.382. The number of nitrogens with zero attached hydrogens (tertiary/aromatic N) is 4. The van der Waals surface area contributed by atoms with Crippen LogP contribution in [-0.4, -0.2) is 91.9 Å². The molecular formula is C34H45N6O10P. The fourth-order valence-corrected chi connectivity index (χ4v) is 5.43. The number of benzene rings is 3. The molecule has 3 aromatic carbocycles. The summed E-state index contributed by atoms with van der Waals surface area (Å²) in [5.41, 5.74) is 4.58. The van der Waals surface area contributed by atoms with Crippen LogP contribution in [0.3, 0.4) is 0 Å². The van der Waals surface area contributed by atoms with E-state index >= 15 is 0 Å². The quantitative estimate of drug-likeness (QED) is 0.110. The lowest BCUT2D eigenvalue weighted by molar-refractivity contribution is 0.275. The maximum absolute atomic E-state index is 8.88. The predicted octanol–water partition coefficient (Wildman–Crippen LogP) is 3.87. The summed E-state index contributed by atoms with van der Waals surface area (Å²) >= 11 is 0. The Hall–Kier alpha value is -5.02. The molecule has 0 atom stereocenters. The lowest BCUT2D eigenvalue weighted by Crippen LogP contribution is -2.32. The van der Waals surface area contributed by atoms with Crippen LogP contribution >= 0.6 is 7.82 Å². The Balaban J connectivity index is 0.00000109. The zero-order valence-corrected chi connectivity index (χ0v) is 30.4. The molecule has 2 heterocycles. The number of methoxy groups -OCH3 is 6. The van der Waals surface area contributed by atoms with E-state index in [-0.39, 0.29) is 0 Å². The van der Waals surface area contributed by atoms with Crippen molar-refractivity contribution in [3.63, 3.8) is 0 Å². The van der Waals surface area contributed by atoms with Gasteiger partial charge in [-0.15, -0.1) is 0 Å². The molecule has 0 aliphatic carbocycles. The Labute approximate surface area is 296 Å². The van der Waals surface area contributed by atoms with Crippen LogP contribution in [-0.2, 0) is 30.4 Å². The van der Waals surface area contributed by atoms with Gasteiger partial charge in [0.05, 0.1) is 42.7 Å². The van der Waals surface area contributed by atoms with Gasteiger partial charge in [-0.2, -0.15) is 15.0 Å². The molecule has 0 amide bonds. The Bertz CT molecular complexity index is 1720. The Morgan fingerprint density at radius 3 is 1.47 bits per heavy atom. The first-order valence-electron chi connectivity index (χ1n) is 15.9. The summed E-state index contributed by atoms with van der Waals surface area (Å²) in [5, 5.41) is 6.80. The van der Waals surface area contributed by atoms with Crippen LogP contribution < -0.4 is 44.0 Å². The zero-order valence-electron chi connectivity index (χ0n) is 29.5. The molecule has 51 heavy (non-hydrogen) atoms. The van der Waals surface area contributed by atoms with Crippen molar-refractivity contribution >= 4 is 25.7 Å². The molecule has 276 valence electrons. The third-order valence-corrected chi connectivity index (χ3v) is 7.91. The number of rotatable bonds is 15. The van der Waals surface area contributed by atoms with E-state index in [2.05, 4.69) is 21.6 Å². The average molecular weight is 729 g/mol. The van der Waals surface area contributed by atoms with E-state index in [4.69, 9.17) is 62.6 Å². The van der Waals surface area contributed by atoms with Crippen LogP contribution in [0, 0.1) is 0 Å². The lowest BCUT2D eigenvalue weighted by Gasteiger charge is -2.30. The molecule has 0 bridgehead atoms. The minimum absolute atomic E-state index is 0.497. The normalized spacial score (nSPS) is 12.1. The summed E-state index contributed by atoms with van der Waals surface area (Å²) < 4.78 is 41.6. The van der Waals surface area contributed by atoms with E-state index in [1.165, 1.54) is 5.56 Å². The van der Waals surface area contributed by atoms with Crippen LogP contribution in [0.5, 0.6) is 34.5 Å². The smallest absolute Gasteiger partial charge is 0.466 e. The van der Waals surface area contributed by atoms with Crippen molar-refractivity contribution < 1.29 is 47.7 Å². The Morgan fingerprint density at radius 2 is 1.04 bits per heavy atom. The van der Waals surface area contributed by atoms with Crippen molar-refractivity contribution in [2.45, 2.75) is 25.8 Å². The number of nitrogens with one attached hydrogen (secondary N) is 2. The molecule has 1 aromatic heterocycles. The second kappa shape index (κ2) is 18.3. The molecule has 0 spiro atoms. The highest BCUT2D eigenvalue weighted by Gasteiger charge is 2.23. The molecule has 0 saturated heterocycles. The molecule has 0 radical (unpaired) electrons. The average Bonchev–Trinajstić information content (AvgIpc) is 3.13. The Kier molecular flexibility index (Phi) is 13.9. The monoisotopic (exact) mass is 728 g/mol. The van der Waals surface area contributed by atoms with E-state index in [0.29, 0.717) is 66.2 Å². The number of hydrogen-bond donors (Lipinski definition) is 5. The van der Waals surface area contributed by atoms with E-state index in [9.17, 15) is 0 Å². The van der Waals surface area contributed by atoms with Crippen molar-refractivity contribution in [1.29, 1.82) is 0 Å². The molecule has 16 nitrogen and oxygen atoms in total. The highest BCUT2D eigenvalue weighted by molar-refractivity contribution is 7.45. The standard InChI is InChI=1S/C34H42N6O6.H3O4P/c1-41-26-9-7-22(17-28(26)43-3)11-14-35-32-37-33(36-15-12-23-8-10-27(42-2)29(18-23)44-4)39-34(38-32)40-16-13-24-19-30(45-5)31(46-6)20-25(24)21-40;1-5(2,3)4/h7-10,17-20H,11-16,21H2,1-6H3,(H2,35,36,37,38,39);(H3,1,2,3,4). The molecule has 5 N–H and O–H groups in total. The molecule has 1 aliphatic rings. The van der Waals surface area contributed by atoms with Gasteiger partial charge < -0.3 is 58.6 Å². The molecule has 0 fully saturated rings. The van der Waals surface area contributed by atoms with E-state index in [1.54, 1.807) is 42.7 Å². The summed E-state index contributed by atoms with van der Waals surface area (Å²) in [7, 11) is 5.20. The summed E-state index contributed by atoms with van der Waals surface area (Å²) in [6, 6.07) is 15.9. The summed E-state index contributed by atoms with van der Waals surface area (Å²) in [5.74, 6) is 5.82. The largest absolute Gasteiger partial charge is 0.493 e. The second-order valence-corrected chi connectivity index (χ2v) is 12.2. The van der Waals surface area contributed by atoms with Gasteiger partial charge in [-0.3, -0.25) is 0 Å². The van der Waals surface area contributed by atoms with Crippen LogP contribution in [0.15, 0.2) is 48.5 Å². The van der Waals surface area contributed by atoms with Gasteiger partial charge in [0, 0.05) is 26.2 Å². The Morgan fingerprint density at radius 1 is 0.627 bits per heavy atom. The van der Waals surface area contributed by atoms with Gasteiger partial charge in [0.25, 0.3) is 0 Å². The minimum atomic E-state index is -4.64. The third kappa shape index (κ3) is 11.2. The maximum Gasteiger partial charge on any atom is 0.466 e. The van der Waals surface area contributed by atoms with Gasteiger partial charge in [-0.25, -0.2) is 4.57 Å². The number of aromatic nitrogens is 3. The van der Waals surface area contributed by atoms with E-state index in [0.717, 1.165) is 48.2 Å². The van der Waals surface area contributed by atoms with Gasteiger partial charge in [-0.1, -0.05) is 12.1 Å². The third-order valence-electron chi connectivity index (χ3n) is 7.91. The summed E-state index contributed by atoms with van der Waals surface area (Å²) in [6.45, 7) is 2.62. The molecule has 0 saturated carbocycles. The van der Waals surface area contributed by atoms with Crippen LogP contribution in [0.1, 0.15) is 22.3 Å². The van der Waals surface area contributed by atoms with Crippen molar-refractivity contribution in [3.05, 3.63) is 70.8 Å². The van der Waals surface area contributed by atoms with Crippen LogP contribution in [0.25, 0.3) is 0 Å². The van der Waals surface area contributed by atoms with E-state index in [1.807, 2.05) is 42.5 Å². The number of ether oxygens (including phenoxy) is 6. The highest BCUT2D eigenvalue weighted by Crippen LogP contribution is 2.34. The SMILES string of the molecule is COc1ccc(CCNc2nc(NCCc3ccc(OC)c(OC)c3)nc(N3CCc4cc(OC)c(OC)cc4C3)n2)cc1OC.O=P(O)(O)O.